The Bertz CT molecular complexity index is 765. The summed E-state index contributed by atoms with van der Waals surface area (Å²) in [5, 5.41) is 2.42. The van der Waals surface area contributed by atoms with Gasteiger partial charge in [-0.1, -0.05) is 6.92 Å². The first kappa shape index (κ1) is 13.3. The molecule has 2 aromatic rings. The molecule has 6 heteroatoms. The summed E-state index contributed by atoms with van der Waals surface area (Å²) in [7, 11) is 1.69. The quantitative estimate of drug-likeness (QED) is 0.825. The number of urea groups is 1. The molecule has 2 heterocycles. The molecule has 6 nitrogen and oxygen atoms in total. The highest BCUT2D eigenvalue weighted by Crippen LogP contribution is 2.38. The Morgan fingerprint density at radius 3 is 2.64 bits per heavy atom. The van der Waals surface area contributed by atoms with Crippen LogP contribution in [0.4, 0.5) is 4.79 Å². The summed E-state index contributed by atoms with van der Waals surface area (Å²) >= 11 is 0. The Morgan fingerprint density at radius 1 is 1.27 bits per heavy atom. The number of fused-ring (bicyclic) bond motifs is 2. The number of hydrogen-bond donors (Lipinski definition) is 2. The lowest BCUT2D eigenvalue weighted by Gasteiger charge is -2.27. The first-order valence-corrected chi connectivity index (χ1v) is 7.63. The highest BCUT2D eigenvalue weighted by molar-refractivity contribution is 6.07. The average Bonchev–Trinajstić information content (AvgIpc) is 3.08. The molecular formula is C16H18N4O2. The van der Waals surface area contributed by atoms with E-state index in [1.165, 1.54) is 0 Å². The lowest BCUT2D eigenvalue weighted by atomic mass is 9.95. The van der Waals surface area contributed by atoms with E-state index in [9.17, 15) is 9.59 Å². The summed E-state index contributed by atoms with van der Waals surface area (Å²) in [6, 6.07) is 3.82. The molecule has 1 atom stereocenters. The number of carbonyl (C=O) groups is 2. The fraction of sp³-hybridized carbons (Fsp3) is 0.438. The molecule has 1 spiro atoms. The molecule has 0 saturated carbocycles. The summed E-state index contributed by atoms with van der Waals surface area (Å²) in [6.45, 7) is 2.13. The zero-order chi connectivity index (χ0) is 15.5. The Labute approximate surface area is 127 Å². The fourth-order valence-corrected chi connectivity index (χ4v) is 3.62. The van der Waals surface area contributed by atoms with E-state index in [2.05, 4.69) is 34.3 Å². The van der Waals surface area contributed by atoms with Crippen LogP contribution in [-0.4, -0.2) is 39.4 Å². The first-order valence-electron chi connectivity index (χ1n) is 7.63. The van der Waals surface area contributed by atoms with Crippen LogP contribution in [0.3, 0.4) is 0 Å². The van der Waals surface area contributed by atoms with E-state index in [-0.39, 0.29) is 11.9 Å². The van der Waals surface area contributed by atoms with Crippen molar-refractivity contribution in [3.05, 3.63) is 29.1 Å². The number of imidazole rings is 1. The second-order valence-electron chi connectivity index (χ2n) is 6.27. The summed E-state index contributed by atoms with van der Waals surface area (Å²) < 4.78 is 0. The SMILES string of the molecule is CCCc1nc2cc3c(cc2[nH]1)CC1(C3)C(=O)NC(=O)N1C. The largest absolute Gasteiger partial charge is 0.342 e. The van der Waals surface area contributed by atoms with Gasteiger partial charge in [-0.25, -0.2) is 9.78 Å². The van der Waals surface area contributed by atoms with Crippen molar-refractivity contribution in [2.45, 2.75) is 38.1 Å². The van der Waals surface area contributed by atoms with Crippen molar-refractivity contribution in [2.75, 3.05) is 7.05 Å². The van der Waals surface area contributed by atoms with Crippen LogP contribution in [0.5, 0.6) is 0 Å². The maximum Gasteiger partial charge on any atom is 0.324 e. The van der Waals surface area contributed by atoms with Gasteiger partial charge in [-0.15, -0.1) is 0 Å². The van der Waals surface area contributed by atoms with Crippen molar-refractivity contribution in [1.82, 2.24) is 20.2 Å². The molecule has 2 aliphatic rings. The minimum absolute atomic E-state index is 0.195. The number of aromatic nitrogens is 2. The predicted octanol–water partition coefficient (Wildman–Crippen LogP) is 1.53. The zero-order valence-corrected chi connectivity index (χ0v) is 12.7. The third kappa shape index (κ3) is 1.63. The van der Waals surface area contributed by atoms with Gasteiger partial charge in [-0.2, -0.15) is 0 Å². The number of carbonyl (C=O) groups excluding carboxylic acids is 2. The number of imide groups is 1. The van der Waals surface area contributed by atoms with Gasteiger partial charge in [0.1, 0.15) is 11.4 Å². The van der Waals surface area contributed by atoms with Crippen molar-refractivity contribution < 1.29 is 9.59 Å². The maximum atomic E-state index is 12.3. The first-order chi connectivity index (χ1) is 10.5. The molecule has 1 fully saturated rings. The molecule has 114 valence electrons. The van der Waals surface area contributed by atoms with Crippen molar-refractivity contribution in [3.8, 4) is 0 Å². The lowest BCUT2D eigenvalue weighted by Crippen LogP contribution is -2.48. The number of amides is 3. The van der Waals surface area contributed by atoms with Gasteiger partial charge in [0.25, 0.3) is 5.91 Å². The van der Waals surface area contributed by atoms with E-state index in [0.29, 0.717) is 12.8 Å². The van der Waals surface area contributed by atoms with Gasteiger partial charge < -0.3 is 9.88 Å². The molecule has 0 bridgehead atoms. The van der Waals surface area contributed by atoms with Gasteiger partial charge in [0, 0.05) is 26.3 Å². The number of H-pyrrole nitrogens is 1. The molecule has 1 saturated heterocycles. The zero-order valence-electron chi connectivity index (χ0n) is 12.7. The third-order valence-corrected chi connectivity index (χ3v) is 4.89. The number of hydrogen-bond acceptors (Lipinski definition) is 3. The summed E-state index contributed by atoms with van der Waals surface area (Å²) in [6.07, 6.45) is 3.11. The number of nitrogens with zero attached hydrogens (tertiary/aromatic N) is 2. The van der Waals surface area contributed by atoms with E-state index in [0.717, 1.165) is 40.8 Å². The Balaban J connectivity index is 1.76. The molecule has 3 amide bonds. The highest BCUT2D eigenvalue weighted by atomic mass is 16.2. The Hall–Kier alpha value is -2.37. The number of likely N-dealkylation sites (N-methyl/N-ethyl adjacent to an activating group) is 1. The van der Waals surface area contributed by atoms with Gasteiger partial charge in [0.05, 0.1) is 11.0 Å². The Kier molecular flexibility index (Phi) is 2.61. The molecule has 1 unspecified atom stereocenters. The lowest BCUT2D eigenvalue weighted by molar-refractivity contribution is -0.125. The molecule has 0 radical (unpaired) electrons. The van der Waals surface area contributed by atoms with Gasteiger partial charge in [0.15, 0.2) is 0 Å². The molecule has 1 aromatic carbocycles. The number of benzene rings is 1. The highest BCUT2D eigenvalue weighted by Gasteiger charge is 2.54. The third-order valence-electron chi connectivity index (χ3n) is 4.89. The standard InChI is InChI=1S/C16H18N4O2/c1-3-4-13-17-11-5-9-7-16(8-10(9)6-12(11)18-13)14(21)19-15(22)20(16)2/h5-6H,3-4,7-8H2,1-2H3,(H,17,18)(H,19,21,22). The molecule has 1 aromatic heterocycles. The summed E-state index contributed by atoms with van der Waals surface area (Å²) in [4.78, 5) is 33.5. The van der Waals surface area contributed by atoms with E-state index in [1.807, 2.05) is 0 Å². The number of nitrogens with one attached hydrogen (secondary N) is 2. The minimum atomic E-state index is -0.759. The van der Waals surface area contributed by atoms with Crippen molar-refractivity contribution >= 4 is 23.0 Å². The predicted molar refractivity (Wildman–Crippen MR) is 81.5 cm³/mol. The van der Waals surface area contributed by atoms with Gasteiger partial charge >= 0.3 is 6.03 Å². The summed E-state index contributed by atoms with van der Waals surface area (Å²) in [5.41, 5.74) is 3.41. The van der Waals surface area contributed by atoms with Crippen LogP contribution in [-0.2, 0) is 24.1 Å². The number of aromatic amines is 1. The van der Waals surface area contributed by atoms with Crippen LogP contribution in [0.1, 0.15) is 30.3 Å². The maximum absolute atomic E-state index is 12.3. The smallest absolute Gasteiger partial charge is 0.324 e. The minimum Gasteiger partial charge on any atom is -0.342 e. The van der Waals surface area contributed by atoms with Gasteiger partial charge in [0.2, 0.25) is 0 Å². The van der Waals surface area contributed by atoms with Crippen LogP contribution in [0.2, 0.25) is 0 Å². The van der Waals surface area contributed by atoms with Crippen LogP contribution < -0.4 is 5.32 Å². The van der Waals surface area contributed by atoms with E-state index in [1.54, 1.807) is 11.9 Å². The average molecular weight is 298 g/mol. The van der Waals surface area contributed by atoms with E-state index in [4.69, 9.17) is 0 Å². The van der Waals surface area contributed by atoms with Crippen molar-refractivity contribution in [2.24, 2.45) is 0 Å². The van der Waals surface area contributed by atoms with Crippen LogP contribution in [0.25, 0.3) is 11.0 Å². The van der Waals surface area contributed by atoms with Crippen LogP contribution in [0, 0.1) is 0 Å². The second kappa shape index (κ2) is 4.32. The molecule has 1 aliphatic heterocycles. The molecule has 22 heavy (non-hydrogen) atoms. The molecule has 2 N–H and O–H groups in total. The molecular weight excluding hydrogens is 280 g/mol. The van der Waals surface area contributed by atoms with Crippen molar-refractivity contribution in [3.63, 3.8) is 0 Å². The fourth-order valence-electron chi connectivity index (χ4n) is 3.62. The normalized spacial score (nSPS) is 19.3. The van der Waals surface area contributed by atoms with Gasteiger partial charge in [-0.3, -0.25) is 10.1 Å². The second-order valence-corrected chi connectivity index (χ2v) is 6.27. The summed E-state index contributed by atoms with van der Waals surface area (Å²) in [5.74, 6) is 0.807. The van der Waals surface area contributed by atoms with Crippen LogP contribution in [0.15, 0.2) is 12.1 Å². The molecule has 1 aliphatic carbocycles. The molecule has 4 rings (SSSR count). The van der Waals surface area contributed by atoms with E-state index < -0.39 is 5.54 Å². The van der Waals surface area contributed by atoms with E-state index >= 15 is 0 Å². The Morgan fingerprint density at radius 2 is 2.00 bits per heavy atom. The van der Waals surface area contributed by atoms with Gasteiger partial charge in [-0.05, 0) is 29.7 Å². The number of rotatable bonds is 2. The monoisotopic (exact) mass is 298 g/mol. The van der Waals surface area contributed by atoms with Crippen molar-refractivity contribution in [1.29, 1.82) is 0 Å². The topological polar surface area (TPSA) is 78.1 Å². The van der Waals surface area contributed by atoms with Crippen LogP contribution >= 0.6 is 0 Å². The number of aryl methyl sites for hydroxylation is 1.